The molecule has 0 saturated heterocycles. The Balaban J connectivity index is 2.52. The highest BCUT2D eigenvalue weighted by Crippen LogP contribution is 2.21. The fraction of sp³-hybridized carbons (Fsp3) is 0.538. The second-order valence-electron chi connectivity index (χ2n) is 4.07. The van der Waals surface area contributed by atoms with Crippen molar-refractivity contribution in [1.29, 1.82) is 0 Å². The summed E-state index contributed by atoms with van der Waals surface area (Å²) in [7, 11) is 0. The molecule has 0 amide bonds. The lowest BCUT2D eigenvalue weighted by Gasteiger charge is -2.18. The average molecular weight is 304 g/mol. The van der Waals surface area contributed by atoms with Gasteiger partial charge in [0.15, 0.2) is 0 Å². The summed E-state index contributed by atoms with van der Waals surface area (Å²) in [4.78, 5) is 0. The molecule has 0 heterocycles. The summed E-state index contributed by atoms with van der Waals surface area (Å²) in [5.74, 6) is -0.233. The van der Waals surface area contributed by atoms with Crippen molar-refractivity contribution in [3.63, 3.8) is 0 Å². The van der Waals surface area contributed by atoms with E-state index < -0.39 is 0 Å². The Morgan fingerprint density at radius 3 is 2.71 bits per heavy atom. The first-order valence-corrected chi connectivity index (χ1v) is 6.63. The molecule has 0 aliphatic carbocycles. The van der Waals surface area contributed by atoms with Gasteiger partial charge in [-0.3, -0.25) is 0 Å². The summed E-state index contributed by atoms with van der Waals surface area (Å²) in [5.41, 5.74) is 1.06. The molecule has 4 heteroatoms. The number of ether oxygens (including phenoxy) is 1. The van der Waals surface area contributed by atoms with E-state index in [1.807, 2.05) is 13.8 Å². The second-order valence-corrected chi connectivity index (χ2v) is 4.92. The highest BCUT2D eigenvalue weighted by molar-refractivity contribution is 9.10. The van der Waals surface area contributed by atoms with E-state index in [0.29, 0.717) is 4.47 Å². The number of hydrogen-bond acceptors (Lipinski definition) is 2. The third-order valence-corrected chi connectivity index (χ3v) is 3.21. The summed E-state index contributed by atoms with van der Waals surface area (Å²) in [5, 5.41) is 3.36. The lowest BCUT2D eigenvalue weighted by Crippen LogP contribution is -2.29. The molecule has 0 aliphatic heterocycles. The number of halogens is 2. The van der Waals surface area contributed by atoms with Crippen LogP contribution >= 0.6 is 15.9 Å². The van der Waals surface area contributed by atoms with Gasteiger partial charge in [-0.05, 0) is 54.4 Å². The molecule has 17 heavy (non-hydrogen) atoms. The zero-order valence-corrected chi connectivity index (χ0v) is 12.1. The third kappa shape index (κ3) is 4.74. The summed E-state index contributed by atoms with van der Waals surface area (Å²) < 4.78 is 19.0. The monoisotopic (exact) mass is 303 g/mol. The van der Waals surface area contributed by atoms with E-state index in [0.717, 1.165) is 18.7 Å². The molecule has 0 bridgehead atoms. The first-order chi connectivity index (χ1) is 8.04. The SMILES string of the molecule is CCOC(C)CNC(C)c1ccc(F)c(Br)c1. The molecule has 96 valence electrons. The van der Waals surface area contributed by atoms with Crippen LogP contribution in [0.3, 0.4) is 0 Å². The van der Waals surface area contributed by atoms with Gasteiger partial charge in [-0.15, -0.1) is 0 Å². The molecule has 0 radical (unpaired) electrons. The third-order valence-electron chi connectivity index (χ3n) is 2.61. The van der Waals surface area contributed by atoms with Gasteiger partial charge in [0.05, 0.1) is 10.6 Å². The van der Waals surface area contributed by atoms with Gasteiger partial charge in [0.1, 0.15) is 5.82 Å². The van der Waals surface area contributed by atoms with Gasteiger partial charge in [-0.2, -0.15) is 0 Å². The number of rotatable bonds is 6. The fourth-order valence-corrected chi connectivity index (χ4v) is 1.98. The van der Waals surface area contributed by atoms with E-state index in [1.165, 1.54) is 6.07 Å². The maximum Gasteiger partial charge on any atom is 0.137 e. The van der Waals surface area contributed by atoms with E-state index in [9.17, 15) is 4.39 Å². The minimum Gasteiger partial charge on any atom is -0.377 e. The first-order valence-electron chi connectivity index (χ1n) is 5.84. The van der Waals surface area contributed by atoms with Gasteiger partial charge in [0.2, 0.25) is 0 Å². The Morgan fingerprint density at radius 1 is 1.41 bits per heavy atom. The van der Waals surface area contributed by atoms with E-state index in [2.05, 4.69) is 28.2 Å². The molecule has 0 fully saturated rings. The second kappa shape index (κ2) is 7.09. The molecule has 0 spiro atoms. The van der Waals surface area contributed by atoms with E-state index in [1.54, 1.807) is 12.1 Å². The zero-order valence-electron chi connectivity index (χ0n) is 10.5. The Morgan fingerprint density at radius 2 is 2.12 bits per heavy atom. The van der Waals surface area contributed by atoms with Crippen LogP contribution in [0.15, 0.2) is 22.7 Å². The van der Waals surface area contributed by atoms with Crippen LogP contribution in [0.2, 0.25) is 0 Å². The maximum atomic E-state index is 13.1. The Hall–Kier alpha value is -0.450. The van der Waals surface area contributed by atoms with Crippen LogP contribution in [0.5, 0.6) is 0 Å². The molecule has 1 rings (SSSR count). The number of hydrogen-bond donors (Lipinski definition) is 1. The van der Waals surface area contributed by atoms with Gasteiger partial charge in [0, 0.05) is 19.2 Å². The molecular weight excluding hydrogens is 285 g/mol. The molecule has 0 aliphatic rings. The minimum absolute atomic E-state index is 0.176. The predicted molar refractivity (Wildman–Crippen MR) is 71.6 cm³/mol. The number of benzene rings is 1. The van der Waals surface area contributed by atoms with Crippen LogP contribution in [-0.2, 0) is 4.74 Å². The molecule has 2 unspecified atom stereocenters. The Bertz CT molecular complexity index is 359. The highest BCUT2D eigenvalue weighted by Gasteiger charge is 2.09. The van der Waals surface area contributed by atoms with Crippen molar-refractivity contribution in [3.05, 3.63) is 34.1 Å². The van der Waals surface area contributed by atoms with Crippen molar-refractivity contribution in [2.45, 2.75) is 32.9 Å². The zero-order chi connectivity index (χ0) is 12.8. The maximum absolute atomic E-state index is 13.1. The van der Waals surface area contributed by atoms with Gasteiger partial charge in [-0.25, -0.2) is 4.39 Å². The van der Waals surface area contributed by atoms with Crippen molar-refractivity contribution in [3.8, 4) is 0 Å². The smallest absolute Gasteiger partial charge is 0.137 e. The quantitative estimate of drug-likeness (QED) is 0.866. The van der Waals surface area contributed by atoms with Gasteiger partial charge < -0.3 is 10.1 Å². The molecule has 2 nitrogen and oxygen atoms in total. The summed E-state index contributed by atoms with van der Waals surface area (Å²) >= 11 is 3.19. The molecular formula is C13H19BrFNO. The van der Waals surface area contributed by atoms with Crippen LogP contribution in [0.1, 0.15) is 32.4 Å². The molecule has 1 N–H and O–H groups in total. The van der Waals surface area contributed by atoms with Crippen molar-refractivity contribution >= 4 is 15.9 Å². The molecule has 1 aromatic carbocycles. The van der Waals surface area contributed by atoms with Crippen LogP contribution < -0.4 is 5.32 Å². The van der Waals surface area contributed by atoms with E-state index in [-0.39, 0.29) is 18.0 Å². The molecule has 2 atom stereocenters. The Labute approximate surface area is 111 Å². The molecule has 1 aromatic rings. The topological polar surface area (TPSA) is 21.3 Å². The normalized spacial score (nSPS) is 14.6. The van der Waals surface area contributed by atoms with E-state index in [4.69, 9.17) is 4.74 Å². The van der Waals surface area contributed by atoms with Crippen molar-refractivity contribution in [1.82, 2.24) is 5.32 Å². The lowest BCUT2D eigenvalue weighted by molar-refractivity contribution is 0.0743. The van der Waals surface area contributed by atoms with Crippen molar-refractivity contribution in [2.24, 2.45) is 0 Å². The summed E-state index contributed by atoms with van der Waals surface area (Å²) in [6.45, 7) is 7.57. The summed E-state index contributed by atoms with van der Waals surface area (Å²) in [6.07, 6.45) is 0.186. The van der Waals surface area contributed by atoms with Crippen LogP contribution in [-0.4, -0.2) is 19.3 Å². The first kappa shape index (κ1) is 14.6. The van der Waals surface area contributed by atoms with Crippen molar-refractivity contribution in [2.75, 3.05) is 13.2 Å². The van der Waals surface area contributed by atoms with Crippen LogP contribution in [0, 0.1) is 5.82 Å². The van der Waals surface area contributed by atoms with Crippen LogP contribution in [0.25, 0.3) is 0 Å². The number of nitrogens with one attached hydrogen (secondary N) is 1. The average Bonchev–Trinajstić information content (AvgIpc) is 2.30. The van der Waals surface area contributed by atoms with Crippen LogP contribution in [0.4, 0.5) is 4.39 Å². The highest BCUT2D eigenvalue weighted by atomic mass is 79.9. The predicted octanol–water partition coefficient (Wildman–Crippen LogP) is 3.66. The van der Waals surface area contributed by atoms with Crippen molar-refractivity contribution < 1.29 is 9.13 Å². The minimum atomic E-state index is -0.233. The fourth-order valence-electron chi connectivity index (χ4n) is 1.59. The standard InChI is InChI=1S/C13H19BrFNO/c1-4-17-9(2)8-16-10(3)11-5-6-13(15)12(14)7-11/h5-7,9-10,16H,4,8H2,1-3H3. The molecule has 0 aromatic heterocycles. The largest absolute Gasteiger partial charge is 0.377 e. The Kier molecular flexibility index (Phi) is 6.09. The molecule has 0 saturated carbocycles. The van der Waals surface area contributed by atoms with Gasteiger partial charge in [0.25, 0.3) is 0 Å². The van der Waals surface area contributed by atoms with Gasteiger partial charge in [-0.1, -0.05) is 6.07 Å². The lowest BCUT2D eigenvalue weighted by atomic mass is 10.1. The summed E-state index contributed by atoms with van der Waals surface area (Å²) in [6, 6.07) is 5.25. The van der Waals surface area contributed by atoms with E-state index >= 15 is 0 Å². The van der Waals surface area contributed by atoms with Gasteiger partial charge >= 0.3 is 0 Å².